The van der Waals surface area contributed by atoms with Gasteiger partial charge in [-0.25, -0.2) is 8.42 Å². The van der Waals surface area contributed by atoms with Crippen molar-refractivity contribution in [3.05, 3.63) is 28.2 Å². The molecule has 1 aromatic rings. The van der Waals surface area contributed by atoms with Gasteiger partial charge in [-0.3, -0.25) is 4.79 Å². The first-order valence-electron chi connectivity index (χ1n) is 6.47. The van der Waals surface area contributed by atoms with E-state index in [1.807, 2.05) is 0 Å². The van der Waals surface area contributed by atoms with Crippen LogP contribution in [0.1, 0.15) is 6.92 Å². The van der Waals surface area contributed by atoms with Crippen LogP contribution in [0.4, 0.5) is 5.69 Å². The zero-order chi connectivity index (χ0) is 16.1. The molecule has 9 heteroatoms. The Morgan fingerprint density at radius 3 is 2.50 bits per heavy atom. The van der Waals surface area contributed by atoms with Crippen LogP contribution >= 0.6 is 35.0 Å². The Labute approximate surface area is 142 Å². The molecule has 2 aliphatic heterocycles. The average molecular weight is 379 g/mol. The fourth-order valence-corrected chi connectivity index (χ4v) is 7.15. The van der Waals surface area contributed by atoms with Gasteiger partial charge in [0.2, 0.25) is 5.91 Å². The number of thioether (sulfide) groups is 1. The highest BCUT2D eigenvalue weighted by Crippen LogP contribution is 2.42. The molecule has 2 aliphatic rings. The molecule has 1 aromatic carbocycles. The highest BCUT2D eigenvalue weighted by atomic mass is 35.5. The molecule has 0 bridgehead atoms. The second-order valence-electron chi connectivity index (χ2n) is 5.21. The number of halogens is 2. The highest BCUT2D eigenvalue weighted by Gasteiger charge is 2.49. The van der Waals surface area contributed by atoms with Gasteiger partial charge in [0.05, 0.1) is 17.5 Å². The summed E-state index contributed by atoms with van der Waals surface area (Å²) in [6.45, 7) is 1.36. The molecule has 0 aliphatic carbocycles. The molecule has 0 aromatic heterocycles. The van der Waals surface area contributed by atoms with E-state index in [9.17, 15) is 13.2 Å². The van der Waals surface area contributed by atoms with E-state index in [0.29, 0.717) is 20.9 Å². The summed E-state index contributed by atoms with van der Waals surface area (Å²) in [5.74, 6) is -0.209. The van der Waals surface area contributed by atoms with Crippen LogP contribution in [0, 0.1) is 0 Å². The third-order valence-electron chi connectivity index (χ3n) is 3.45. The van der Waals surface area contributed by atoms with Crippen LogP contribution in [0.15, 0.2) is 23.2 Å². The molecule has 0 radical (unpaired) electrons. The average Bonchev–Trinajstić information content (AvgIpc) is 2.77. The maximum absolute atomic E-state index is 11.9. The van der Waals surface area contributed by atoms with E-state index in [4.69, 9.17) is 23.2 Å². The van der Waals surface area contributed by atoms with Crippen molar-refractivity contribution >= 4 is 61.6 Å². The lowest BCUT2D eigenvalue weighted by atomic mass is 10.2. The van der Waals surface area contributed by atoms with E-state index < -0.39 is 9.84 Å². The second-order valence-corrected chi connectivity index (χ2v) is 9.44. The zero-order valence-electron chi connectivity index (χ0n) is 11.5. The minimum atomic E-state index is -3.09. The lowest BCUT2D eigenvalue weighted by Gasteiger charge is -2.24. The van der Waals surface area contributed by atoms with Gasteiger partial charge in [-0.15, -0.1) is 0 Å². The number of nitrogens with zero attached hydrogens (tertiary/aromatic N) is 2. The molecule has 0 unspecified atom stereocenters. The van der Waals surface area contributed by atoms with Crippen molar-refractivity contribution in [2.24, 2.45) is 4.99 Å². The normalized spacial score (nSPS) is 28.1. The number of benzene rings is 1. The number of aliphatic imine (C=N–C) groups is 1. The summed E-state index contributed by atoms with van der Waals surface area (Å²) in [5, 5.41) is 1.24. The monoisotopic (exact) mass is 378 g/mol. The molecule has 2 saturated heterocycles. The maximum atomic E-state index is 11.9. The minimum absolute atomic E-state index is 0.0335. The van der Waals surface area contributed by atoms with E-state index >= 15 is 0 Å². The van der Waals surface area contributed by atoms with E-state index in [1.54, 1.807) is 23.1 Å². The van der Waals surface area contributed by atoms with Crippen molar-refractivity contribution in [1.29, 1.82) is 0 Å². The summed E-state index contributed by atoms with van der Waals surface area (Å²) in [4.78, 5) is 17.1. The molecule has 0 saturated carbocycles. The molecular weight excluding hydrogens is 367 g/mol. The van der Waals surface area contributed by atoms with Gasteiger partial charge in [0.1, 0.15) is 0 Å². The SMILES string of the molecule is CC(=O)N=C1S[C@H]2CS(=O)(=O)C[C@@H]2N1c1cc(Cl)cc(Cl)c1. The van der Waals surface area contributed by atoms with Crippen molar-refractivity contribution in [1.82, 2.24) is 0 Å². The summed E-state index contributed by atoms with van der Waals surface area (Å²) >= 11 is 13.4. The Bertz CT molecular complexity index is 759. The molecule has 0 spiro atoms. The Hall–Kier alpha value is -0.760. The molecule has 5 nitrogen and oxygen atoms in total. The number of hydrogen-bond donors (Lipinski definition) is 0. The summed E-state index contributed by atoms with van der Waals surface area (Å²) in [5.41, 5.74) is 0.648. The first kappa shape index (κ1) is 16.1. The van der Waals surface area contributed by atoms with Crippen LogP contribution in [-0.2, 0) is 14.6 Å². The summed E-state index contributed by atoms with van der Waals surface area (Å²) in [6, 6.07) is 4.72. The van der Waals surface area contributed by atoms with Crippen molar-refractivity contribution in [3.8, 4) is 0 Å². The molecule has 2 heterocycles. The van der Waals surface area contributed by atoms with Gasteiger partial charge in [0, 0.05) is 27.9 Å². The molecule has 2 fully saturated rings. The highest BCUT2D eigenvalue weighted by molar-refractivity contribution is 8.16. The number of carbonyl (C=O) groups excluding carboxylic acids is 1. The molecule has 1 amide bonds. The topological polar surface area (TPSA) is 66.8 Å². The first-order chi connectivity index (χ1) is 10.2. The Morgan fingerprint density at radius 2 is 1.91 bits per heavy atom. The van der Waals surface area contributed by atoms with Crippen LogP contribution in [0.2, 0.25) is 10.0 Å². The molecule has 2 atom stereocenters. The summed E-state index contributed by atoms with van der Waals surface area (Å²) in [6.07, 6.45) is 0. The van der Waals surface area contributed by atoms with E-state index in [1.165, 1.54) is 18.7 Å². The first-order valence-corrected chi connectivity index (χ1v) is 9.92. The molecule has 22 heavy (non-hydrogen) atoms. The second kappa shape index (κ2) is 5.70. The van der Waals surface area contributed by atoms with E-state index in [0.717, 1.165) is 0 Å². The Morgan fingerprint density at radius 1 is 1.27 bits per heavy atom. The number of carbonyl (C=O) groups is 1. The number of rotatable bonds is 1. The number of sulfone groups is 1. The van der Waals surface area contributed by atoms with Crippen LogP contribution in [0.25, 0.3) is 0 Å². The van der Waals surface area contributed by atoms with Gasteiger partial charge in [0.25, 0.3) is 0 Å². The number of anilines is 1. The smallest absolute Gasteiger partial charge is 0.244 e. The van der Waals surface area contributed by atoms with Crippen molar-refractivity contribution < 1.29 is 13.2 Å². The third kappa shape index (κ3) is 3.13. The lowest BCUT2D eigenvalue weighted by molar-refractivity contribution is -0.115. The molecule has 3 rings (SSSR count). The standard InChI is InChI=1S/C13H12Cl2N2O3S2/c1-7(18)16-13-17(10-3-8(14)2-9(15)4-10)11-5-22(19,20)6-12(11)21-13/h2-4,11-12H,5-6H2,1H3/t11-,12-/m0/s1. The zero-order valence-corrected chi connectivity index (χ0v) is 14.6. The van der Waals surface area contributed by atoms with Crippen molar-refractivity contribution in [2.45, 2.75) is 18.2 Å². The van der Waals surface area contributed by atoms with Crippen molar-refractivity contribution in [3.63, 3.8) is 0 Å². The minimum Gasteiger partial charge on any atom is -0.315 e. The number of hydrogen-bond acceptors (Lipinski definition) is 4. The van der Waals surface area contributed by atoms with Gasteiger partial charge in [-0.2, -0.15) is 4.99 Å². The molecule has 0 N–H and O–H groups in total. The van der Waals surface area contributed by atoms with Crippen LogP contribution in [-0.4, -0.2) is 42.3 Å². The van der Waals surface area contributed by atoms with Gasteiger partial charge in [0.15, 0.2) is 15.0 Å². The van der Waals surface area contributed by atoms with Crippen LogP contribution in [0.5, 0.6) is 0 Å². The van der Waals surface area contributed by atoms with Crippen LogP contribution < -0.4 is 4.90 Å². The van der Waals surface area contributed by atoms with Gasteiger partial charge < -0.3 is 4.90 Å². The van der Waals surface area contributed by atoms with Gasteiger partial charge >= 0.3 is 0 Å². The third-order valence-corrected chi connectivity index (χ3v) is 7.09. The summed E-state index contributed by atoms with van der Waals surface area (Å²) in [7, 11) is -3.09. The van der Waals surface area contributed by atoms with E-state index in [-0.39, 0.29) is 28.7 Å². The number of amidine groups is 1. The summed E-state index contributed by atoms with van der Waals surface area (Å²) < 4.78 is 23.8. The predicted octanol–water partition coefficient (Wildman–Crippen LogP) is 2.61. The quantitative estimate of drug-likeness (QED) is 0.751. The molecular formula is C13H12Cl2N2O3S2. The van der Waals surface area contributed by atoms with Crippen LogP contribution in [0.3, 0.4) is 0 Å². The lowest BCUT2D eigenvalue weighted by Crippen LogP contribution is -2.37. The van der Waals surface area contributed by atoms with E-state index in [2.05, 4.69) is 4.99 Å². The fourth-order valence-electron chi connectivity index (χ4n) is 2.68. The maximum Gasteiger partial charge on any atom is 0.244 e. The largest absolute Gasteiger partial charge is 0.315 e. The Balaban J connectivity index is 2.08. The molecule has 118 valence electrons. The Kier molecular flexibility index (Phi) is 4.18. The number of amides is 1. The fraction of sp³-hybridized carbons (Fsp3) is 0.385. The number of fused-ring (bicyclic) bond motifs is 1. The van der Waals surface area contributed by atoms with Crippen molar-refractivity contribution in [2.75, 3.05) is 16.4 Å². The van der Waals surface area contributed by atoms with Gasteiger partial charge in [-0.1, -0.05) is 35.0 Å². The van der Waals surface area contributed by atoms with Gasteiger partial charge in [-0.05, 0) is 18.2 Å². The predicted molar refractivity (Wildman–Crippen MR) is 90.9 cm³/mol.